The van der Waals surface area contributed by atoms with Gasteiger partial charge in [0.15, 0.2) is 18.9 Å². The lowest BCUT2D eigenvalue weighted by molar-refractivity contribution is -0.404. The molecule has 0 bridgehead atoms. The number of aliphatic hydroxyl groups excluding tert-OH is 12. The molecule has 0 aromatic heterocycles. The third-order valence-corrected chi connectivity index (χ3v) is 15.3. The average molecular weight is 1190 g/mol. The van der Waals surface area contributed by atoms with E-state index in [1.807, 2.05) is 0 Å². The highest BCUT2D eigenvalue weighted by molar-refractivity contribution is 7.61. The van der Waals surface area contributed by atoms with Crippen LogP contribution >= 0.6 is 31.3 Å². The predicted octanol–water partition coefficient (Wildman–Crippen LogP) is -10.7. The lowest BCUT2D eigenvalue weighted by Crippen LogP contribution is -2.70. The summed E-state index contributed by atoms with van der Waals surface area (Å²) in [5, 5.41) is 151. The van der Waals surface area contributed by atoms with Crippen molar-refractivity contribution in [1.82, 2.24) is 0 Å². The topological polar surface area (TPSA) is 642 Å². The quantitative estimate of drug-likeness (QED) is 0.0324. The molecule has 442 valence electrons. The SMILES string of the molecule is NCCOP(=O)(O)O[C@@H](CO)[C@H]1O[C@H](O[C@@H]2[C@H](O)[C@@H](O[C@H]3[C@@H]([C@H](O)CO)O[C@@](O)(C(=O)O)C[C@H]3OP(=O)(O)OP(=O)(O)OCCN)O[C@H]([C@@H](O)CO)[C@H]2O[C@@H]2O[C@H](COP(=O)(O)O)[C@@H](O)[C@H](O)[C@H]2O)[C@@H](O)[C@@H](O)[C@@H]1O. The minimum Gasteiger partial charge on any atom is -0.477 e. The zero-order valence-corrected chi connectivity index (χ0v) is 41.9. The van der Waals surface area contributed by atoms with Gasteiger partial charge < -0.3 is 141 Å². The molecule has 4 rings (SSSR count). The number of aliphatic carboxylic acids is 1. The zero-order valence-electron chi connectivity index (χ0n) is 38.3. The van der Waals surface area contributed by atoms with Gasteiger partial charge in [0.1, 0.15) is 110 Å². The zero-order chi connectivity index (χ0) is 56.8. The molecule has 0 saturated carbocycles. The van der Waals surface area contributed by atoms with E-state index in [4.69, 9.17) is 53.7 Å². The van der Waals surface area contributed by atoms with Crippen LogP contribution in [0.3, 0.4) is 0 Å². The number of carbonyl (C=O) groups is 1. The van der Waals surface area contributed by atoms with E-state index in [2.05, 4.69) is 17.9 Å². The van der Waals surface area contributed by atoms with Crippen LogP contribution in [-0.4, -0.2) is 289 Å². The second-order valence-electron chi connectivity index (χ2n) is 16.6. The molecule has 4 aliphatic rings. The molecule has 0 aromatic carbocycles. The van der Waals surface area contributed by atoms with Crippen LogP contribution in [0.15, 0.2) is 0 Å². The maximum atomic E-state index is 13.3. The third-order valence-electron chi connectivity index (χ3n) is 11.1. The lowest BCUT2D eigenvalue weighted by Gasteiger charge is -2.51. The van der Waals surface area contributed by atoms with Gasteiger partial charge >= 0.3 is 37.3 Å². The molecule has 0 radical (unpaired) electrons. The van der Waals surface area contributed by atoms with Crippen LogP contribution in [0, 0.1) is 0 Å². The van der Waals surface area contributed by atoms with E-state index in [-0.39, 0.29) is 6.54 Å². The van der Waals surface area contributed by atoms with Crippen LogP contribution in [0.1, 0.15) is 6.42 Å². The Kier molecular flexibility index (Phi) is 24.6. The van der Waals surface area contributed by atoms with Gasteiger partial charge in [-0.25, -0.2) is 23.1 Å². The van der Waals surface area contributed by atoms with E-state index in [1.54, 1.807) is 0 Å². The van der Waals surface area contributed by atoms with Crippen molar-refractivity contribution < 1.29 is 179 Å². The summed E-state index contributed by atoms with van der Waals surface area (Å²) >= 11 is 0. The number of carboxylic acid groups (broad SMARTS) is 1. The molecule has 4 saturated heterocycles. The highest BCUT2D eigenvalue weighted by atomic mass is 31.3. The molecule has 0 aromatic rings. The molecule has 0 amide bonds. The van der Waals surface area contributed by atoms with Gasteiger partial charge in [0.25, 0.3) is 5.79 Å². The minimum atomic E-state index is -6.14. The summed E-state index contributed by atoms with van der Waals surface area (Å²) in [5.74, 6) is -5.92. The lowest BCUT2D eigenvalue weighted by atomic mass is 9.91. The van der Waals surface area contributed by atoms with Crippen molar-refractivity contribution in [3.8, 4) is 0 Å². The first kappa shape index (κ1) is 66.6. The Labute approximate surface area is 421 Å². The summed E-state index contributed by atoms with van der Waals surface area (Å²) in [5.41, 5.74) is 10.5. The fraction of sp³-hybridized carbons (Fsp3) is 0.969. The Hall–Kier alpha value is -0.930. The summed E-state index contributed by atoms with van der Waals surface area (Å²) in [6, 6.07) is 0. The summed E-state index contributed by atoms with van der Waals surface area (Å²) in [4.78, 5) is 61.6. The first-order valence-electron chi connectivity index (χ1n) is 21.7. The maximum Gasteiger partial charge on any atom is 0.481 e. The molecule has 25 atom stereocenters. The Bertz CT molecular complexity index is 2020. The van der Waals surface area contributed by atoms with Gasteiger partial charge in [-0.05, 0) is 0 Å². The molecule has 3 unspecified atom stereocenters. The van der Waals surface area contributed by atoms with E-state index in [9.17, 15) is 119 Å². The van der Waals surface area contributed by atoms with E-state index >= 15 is 0 Å². The molecule has 43 heteroatoms. The fourth-order valence-electron chi connectivity index (χ4n) is 7.60. The second-order valence-corrected chi connectivity index (χ2v) is 22.2. The average Bonchev–Trinajstić information content (AvgIpc) is 3.32. The number of aliphatic hydroxyl groups is 13. The number of hydrogen-bond donors (Lipinski definition) is 21. The van der Waals surface area contributed by atoms with Crippen molar-refractivity contribution in [3.63, 3.8) is 0 Å². The number of rotatable bonds is 28. The normalized spacial score (nSPS) is 40.6. The van der Waals surface area contributed by atoms with E-state index in [1.165, 1.54) is 0 Å². The van der Waals surface area contributed by atoms with Crippen LogP contribution in [0.2, 0.25) is 0 Å². The Morgan fingerprint density at radius 1 is 0.600 bits per heavy atom. The molecular formula is C32H62N2O37P4. The number of carboxylic acids is 1. The molecule has 75 heavy (non-hydrogen) atoms. The van der Waals surface area contributed by atoms with Crippen molar-refractivity contribution in [2.45, 2.75) is 141 Å². The van der Waals surface area contributed by atoms with Crippen molar-refractivity contribution >= 4 is 37.3 Å². The predicted molar refractivity (Wildman–Crippen MR) is 226 cm³/mol. The highest BCUT2D eigenvalue weighted by Crippen LogP contribution is 2.62. The first-order chi connectivity index (χ1) is 34.7. The number of ether oxygens (including phenoxy) is 7. The van der Waals surface area contributed by atoms with Gasteiger partial charge in [-0.2, -0.15) is 4.31 Å². The standard InChI is InChI=1S/C32H62N2O37P4/c33-1-3-59-73(53,54)70-13(8-37)24-18(43)17(42)20(45)29(64-24)66-26-21(46)30(63-22(10(38)6-35)27(26)67-28-19(44)16(41)15(40)14(62-28)9-61-72(50,51)52)65-25-12(69-75(57,58)71-74(55,56)60-4-2-34)5-32(49,31(47)48)68-23(25)11(39)7-36/h10-30,35-46,49H,1-9,33-34H2,(H,47,48)(H,53,54)(H,55,56)(H,57,58)(H2,50,51,52)/t10-,11+,12+,13-,14+,15+,16-,17-,18-,19+,20-,21-,22+,23+,24+,25+,26+,27+,28-,29+,30+,32+/m0/s1. The molecule has 4 fully saturated rings. The molecular weight excluding hydrogens is 1130 g/mol. The van der Waals surface area contributed by atoms with Crippen molar-refractivity contribution in [1.29, 1.82) is 0 Å². The van der Waals surface area contributed by atoms with Crippen molar-refractivity contribution in [3.05, 3.63) is 0 Å². The van der Waals surface area contributed by atoms with Crippen LogP contribution in [0.25, 0.3) is 0 Å². The van der Waals surface area contributed by atoms with Crippen molar-refractivity contribution in [2.24, 2.45) is 11.5 Å². The minimum absolute atomic E-state index is 0.345. The van der Waals surface area contributed by atoms with Gasteiger partial charge in [-0.1, -0.05) is 0 Å². The van der Waals surface area contributed by atoms with Crippen LogP contribution in [0.5, 0.6) is 0 Å². The number of hydrogen-bond acceptors (Lipinski definition) is 33. The summed E-state index contributed by atoms with van der Waals surface area (Å²) in [6.45, 7) is -7.71. The van der Waals surface area contributed by atoms with Crippen LogP contribution < -0.4 is 11.5 Å². The smallest absolute Gasteiger partial charge is 0.477 e. The van der Waals surface area contributed by atoms with Gasteiger partial charge in [0.05, 0.1) is 39.6 Å². The van der Waals surface area contributed by atoms with Gasteiger partial charge in [-0.3, -0.25) is 22.6 Å². The maximum absolute atomic E-state index is 13.3. The van der Waals surface area contributed by atoms with Crippen molar-refractivity contribution in [2.75, 3.05) is 52.7 Å². The summed E-state index contributed by atoms with van der Waals surface area (Å²) in [6.07, 6.45) is -53.3. The Morgan fingerprint density at radius 2 is 1.09 bits per heavy atom. The molecule has 23 N–H and O–H groups in total. The van der Waals surface area contributed by atoms with Crippen LogP contribution in [0.4, 0.5) is 0 Å². The molecule has 0 aliphatic carbocycles. The van der Waals surface area contributed by atoms with Gasteiger partial charge in [0, 0.05) is 19.5 Å². The monoisotopic (exact) mass is 1190 g/mol. The third kappa shape index (κ3) is 17.5. The molecule has 4 heterocycles. The number of phosphoric acid groups is 4. The van der Waals surface area contributed by atoms with Gasteiger partial charge in [-0.15, -0.1) is 0 Å². The number of nitrogens with two attached hydrogens (primary N) is 2. The van der Waals surface area contributed by atoms with E-state index in [0.717, 1.165) is 0 Å². The molecule has 0 spiro atoms. The number of phosphoric ester groups is 4. The first-order valence-corrected chi connectivity index (χ1v) is 27.7. The fourth-order valence-corrected chi connectivity index (χ4v) is 11.1. The highest BCUT2D eigenvalue weighted by Gasteiger charge is 2.61. The Balaban J connectivity index is 1.88. The summed E-state index contributed by atoms with van der Waals surface area (Å²) in [7, 11) is -22.4. The van der Waals surface area contributed by atoms with E-state index in [0.29, 0.717) is 0 Å². The largest absolute Gasteiger partial charge is 0.481 e. The summed E-state index contributed by atoms with van der Waals surface area (Å²) < 4.78 is 116. The van der Waals surface area contributed by atoms with Gasteiger partial charge in [0.2, 0.25) is 0 Å². The van der Waals surface area contributed by atoms with Crippen LogP contribution in [-0.2, 0) is 83.1 Å². The molecule has 39 nitrogen and oxygen atoms in total. The Morgan fingerprint density at radius 3 is 1.63 bits per heavy atom. The van der Waals surface area contributed by atoms with E-state index < -0.39 is 224 Å². The molecule has 4 aliphatic heterocycles. The second kappa shape index (κ2) is 27.7.